The molecule has 3 aromatic rings. The van der Waals surface area contributed by atoms with Crippen molar-refractivity contribution in [1.29, 1.82) is 0 Å². The highest BCUT2D eigenvalue weighted by Gasteiger charge is 2.19. The van der Waals surface area contributed by atoms with Gasteiger partial charge in [-0.1, -0.05) is 17.3 Å². The summed E-state index contributed by atoms with van der Waals surface area (Å²) in [6.07, 6.45) is 5.04. The van der Waals surface area contributed by atoms with E-state index in [-0.39, 0.29) is 24.2 Å². The van der Waals surface area contributed by atoms with E-state index in [0.717, 1.165) is 5.56 Å². The van der Waals surface area contributed by atoms with E-state index in [0.29, 0.717) is 5.89 Å². The number of aromatic nitrogens is 4. The molecule has 2 heterocycles. The summed E-state index contributed by atoms with van der Waals surface area (Å²) in [6.45, 7) is 2.11. The Hall–Kier alpha value is -3.03. The van der Waals surface area contributed by atoms with Gasteiger partial charge in [-0.3, -0.25) is 4.79 Å². The number of hydrogen-bond donors (Lipinski definition) is 1. The maximum atomic E-state index is 12.8. The summed E-state index contributed by atoms with van der Waals surface area (Å²) in [5.41, 5.74) is 0.773. The summed E-state index contributed by atoms with van der Waals surface area (Å²) in [7, 11) is 0. The van der Waals surface area contributed by atoms with Crippen LogP contribution in [-0.4, -0.2) is 25.6 Å². The summed E-state index contributed by atoms with van der Waals surface area (Å²) in [5, 5.41) is 6.34. The molecule has 0 unspecified atom stereocenters. The van der Waals surface area contributed by atoms with Gasteiger partial charge in [0.25, 0.3) is 11.7 Å². The summed E-state index contributed by atoms with van der Waals surface area (Å²) >= 11 is 0. The molecule has 0 spiro atoms. The molecule has 8 heteroatoms. The van der Waals surface area contributed by atoms with Gasteiger partial charge in [-0.15, -0.1) is 0 Å². The fourth-order valence-electron chi connectivity index (χ4n) is 1.99. The second-order valence-electron chi connectivity index (χ2n) is 4.95. The van der Waals surface area contributed by atoms with Crippen molar-refractivity contribution in [3.8, 4) is 0 Å². The van der Waals surface area contributed by atoms with Crippen molar-refractivity contribution < 1.29 is 13.7 Å². The molecule has 1 amide bonds. The van der Waals surface area contributed by atoms with Gasteiger partial charge in [-0.05, 0) is 24.6 Å². The van der Waals surface area contributed by atoms with Crippen LogP contribution in [0.15, 0.2) is 47.5 Å². The van der Waals surface area contributed by atoms with E-state index in [1.807, 2.05) is 6.92 Å². The standard InChI is InChI=1S/C15H14FN5O2/c1-10(21-7-6-17-9-21)15-19-13(20-23-15)14(22)18-8-11-2-4-12(16)5-3-11/h2-7,9-10H,8H2,1H3,(H,18,22)/t10-/m0/s1. The van der Waals surface area contributed by atoms with Gasteiger partial charge in [0.05, 0.1) is 6.33 Å². The van der Waals surface area contributed by atoms with E-state index in [2.05, 4.69) is 20.4 Å². The molecule has 0 radical (unpaired) electrons. The summed E-state index contributed by atoms with van der Waals surface area (Å²) < 4.78 is 19.7. The third-order valence-corrected chi connectivity index (χ3v) is 3.34. The Morgan fingerprint density at radius 1 is 1.39 bits per heavy atom. The monoisotopic (exact) mass is 315 g/mol. The SMILES string of the molecule is C[C@@H](c1nc(C(=O)NCc2ccc(F)cc2)no1)n1ccnc1. The Morgan fingerprint density at radius 2 is 2.17 bits per heavy atom. The van der Waals surface area contributed by atoms with Crippen LogP contribution in [0.25, 0.3) is 0 Å². The lowest BCUT2D eigenvalue weighted by Crippen LogP contribution is -2.24. The highest BCUT2D eigenvalue weighted by Crippen LogP contribution is 2.15. The number of rotatable bonds is 5. The molecule has 1 N–H and O–H groups in total. The molecule has 1 atom stereocenters. The lowest BCUT2D eigenvalue weighted by atomic mass is 10.2. The van der Waals surface area contributed by atoms with E-state index in [1.165, 1.54) is 12.1 Å². The zero-order valence-corrected chi connectivity index (χ0v) is 12.3. The molecular formula is C15H14FN5O2. The number of benzene rings is 1. The number of nitrogens with zero attached hydrogens (tertiary/aromatic N) is 4. The largest absolute Gasteiger partial charge is 0.345 e. The van der Waals surface area contributed by atoms with E-state index < -0.39 is 5.91 Å². The number of imidazole rings is 1. The average Bonchev–Trinajstić information content (AvgIpc) is 3.25. The van der Waals surface area contributed by atoms with Gasteiger partial charge in [0.15, 0.2) is 0 Å². The second kappa shape index (κ2) is 6.39. The predicted octanol–water partition coefficient (Wildman–Crippen LogP) is 1.94. The number of amides is 1. The fraction of sp³-hybridized carbons (Fsp3) is 0.200. The Morgan fingerprint density at radius 3 is 2.87 bits per heavy atom. The Kier molecular flexibility index (Phi) is 4.13. The lowest BCUT2D eigenvalue weighted by molar-refractivity contribution is 0.0937. The smallest absolute Gasteiger partial charge is 0.292 e. The van der Waals surface area contributed by atoms with Crippen LogP contribution < -0.4 is 5.32 Å². The minimum absolute atomic E-state index is 0.0472. The number of carbonyl (C=O) groups is 1. The van der Waals surface area contributed by atoms with Crippen LogP contribution in [0.4, 0.5) is 4.39 Å². The van der Waals surface area contributed by atoms with Gasteiger partial charge in [0.2, 0.25) is 5.89 Å². The number of hydrogen-bond acceptors (Lipinski definition) is 5. The Labute approximate surface area is 131 Å². The first-order valence-electron chi connectivity index (χ1n) is 6.97. The van der Waals surface area contributed by atoms with Gasteiger partial charge >= 0.3 is 0 Å². The van der Waals surface area contributed by atoms with Crippen LogP contribution in [0, 0.1) is 5.82 Å². The van der Waals surface area contributed by atoms with Gasteiger partial charge in [0.1, 0.15) is 11.9 Å². The molecular weight excluding hydrogens is 301 g/mol. The minimum Gasteiger partial charge on any atom is -0.345 e. The molecule has 0 aliphatic rings. The van der Waals surface area contributed by atoms with Crippen molar-refractivity contribution in [2.24, 2.45) is 0 Å². The molecule has 1 aromatic carbocycles. The Bertz CT molecular complexity index is 783. The highest BCUT2D eigenvalue weighted by atomic mass is 19.1. The van der Waals surface area contributed by atoms with Crippen molar-refractivity contribution in [3.63, 3.8) is 0 Å². The molecule has 0 aliphatic carbocycles. The van der Waals surface area contributed by atoms with Gasteiger partial charge in [-0.2, -0.15) is 4.98 Å². The first-order valence-corrected chi connectivity index (χ1v) is 6.97. The van der Waals surface area contributed by atoms with E-state index in [4.69, 9.17) is 4.52 Å². The number of carbonyl (C=O) groups excluding carboxylic acids is 1. The molecule has 3 rings (SSSR count). The molecule has 0 fully saturated rings. The van der Waals surface area contributed by atoms with Gasteiger partial charge in [-0.25, -0.2) is 9.37 Å². The van der Waals surface area contributed by atoms with Crippen molar-refractivity contribution in [1.82, 2.24) is 25.0 Å². The minimum atomic E-state index is -0.456. The van der Waals surface area contributed by atoms with Crippen LogP contribution in [0.2, 0.25) is 0 Å². The third kappa shape index (κ3) is 3.42. The maximum Gasteiger partial charge on any atom is 0.292 e. The van der Waals surface area contributed by atoms with Crippen LogP contribution in [0.3, 0.4) is 0 Å². The van der Waals surface area contributed by atoms with E-state index in [9.17, 15) is 9.18 Å². The van der Waals surface area contributed by atoms with Gasteiger partial charge < -0.3 is 14.4 Å². The number of nitrogens with one attached hydrogen (secondary N) is 1. The third-order valence-electron chi connectivity index (χ3n) is 3.34. The zero-order valence-electron chi connectivity index (χ0n) is 12.3. The Balaban J connectivity index is 1.63. The van der Waals surface area contributed by atoms with Crippen molar-refractivity contribution >= 4 is 5.91 Å². The first-order chi connectivity index (χ1) is 11.1. The average molecular weight is 315 g/mol. The van der Waals surface area contributed by atoms with Crippen molar-refractivity contribution in [2.45, 2.75) is 19.5 Å². The summed E-state index contributed by atoms with van der Waals surface area (Å²) in [5.74, 6) is -0.512. The molecule has 0 saturated carbocycles. The topological polar surface area (TPSA) is 85.8 Å². The predicted molar refractivity (Wildman–Crippen MR) is 77.9 cm³/mol. The van der Waals surface area contributed by atoms with Crippen molar-refractivity contribution in [2.75, 3.05) is 0 Å². The quantitative estimate of drug-likeness (QED) is 0.777. The molecule has 0 aliphatic heterocycles. The maximum absolute atomic E-state index is 12.8. The van der Waals surface area contributed by atoms with E-state index in [1.54, 1.807) is 35.4 Å². The van der Waals surface area contributed by atoms with Crippen LogP contribution in [0.5, 0.6) is 0 Å². The molecule has 0 bridgehead atoms. The molecule has 7 nitrogen and oxygen atoms in total. The number of halogens is 1. The zero-order chi connectivity index (χ0) is 16.2. The molecule has 118 valence electrons. The van der Waals surface area contributed by atoms with Crippen LogP contribution >= 0.6 is 0 Å². The summed E-state index contributed by atoms with van der Waals surface area (Å²) in [6, 6.07) is 5.64. The van der Waals surface area contributed by atoms with E-state index >= 15 is 0 Å². The normalized spacial score (nSPS) is 12.1. The first kappa shape index (κ1) is 14.9. The van der Waals surface area contributed by atoms with Gasteiger partial charge in [0, 0.05) is 18.9 Å². The lowest BCUT2D eigenvalue weighted by Gasteiger charge is -2.06. The molecule has 23 heavy (non-hydrogen) atoms. The summed E-state index contributed by atoms with van der Waals surface area (Å²) in [4.78, 5) is 20.1. The molecule has 0 saturated heterocycles. The van der Waals surface area contributed by atoms with Crippen LogP contribution in [-0.2, 0) is 6.54 Å². The van der Waals surface area contributed by atoms with Crippen LogP contribution in [0.1, 0.15) is 35.0 Å². The second-order valence-corrected chi connectivity index (χ2v) is 4.95. The van der Waals surface area contributed by atoms with Crippen molar-refractivity contribution in [3.05, 3.63) is 66.1 Å². The molecule has 2 aromatic heterocycles. The highest BCUT2D eigenvalue weighted by molar-refractivity contribution is 5.90. The fourth-order valence-corrected chi connectivity index (χ4v) is 1.99.